The minimum atomic E-state index is 0.739. The minimum absolute atomic E-state index is 0.739. The maximum absolute atomic E-state index is 3.79. The molecule has 1 heterocycles. The van der Waals surface area contributed by atoms with E-state index in [0.717, 1.165) is 31.0 Å². The average molecular weight is 284 g/mol. The van der Waals surface area contributed by atoms with E-state index in [-0.39, 0.29) is 0 Å². The van der Waals surface area contributed by atoms with Gasteiger partial charge in [-0.1, -0.05) is 32.0 Å². The van der Waals surface area contributed by atoms with E-state index in [2.05, 4.69) is 60.3 Å². The van der Waals surface area contributed by atoms with Crippen LogP contribution in [0.1, 0.15) is 39.5 Å². The van der Waals surface area contributed by atoms with E-state index in [4.69, 9.17) is 0 Å². The summed E-state index contributed by atoms with van der Waals surface area (Å²) < 4.78 is 2.38. The third-order valence-electron chi connectivity index (χ3n) is 5.09. The molecule has 1 aromatic carbocycles. The third-order valence-corrected chi connectivity index (χ3v) is 5.09. The molecule has 1 N–H and O–H groups in total. The number of hydrogen-bond acceptors (Lipinski definition) is 1. The second-order valence-electron chi connectivity index (χ2n) is 6.88. The van der Waals surface area contributed by atoms with Crippen LogP contribution in [0.2, 0.25) is 0 Å². The van der Waals surface area contributed by atoms with E-state index in [1.807, 2.05) is 0 Å². The first-order valence-corrected chi connectivity index (χ1v) is 8.51. The molecule has 0 amide bonds. The van der Waals surface area contributed by atoms with Gasteiger partial charge >= 0.3 is 0 Å². The van der Waals surface area contributed by atoms with Crippen LogP contribution in [-0.4, -0.2) is 17.2 Å². The number of para-hydroxylation sites is 1. The molecule has 1 aliphatic rings. The smallest absolute Gasteiger partial charge is 0.0480 e. The molecule has 3 atom stereocenters. The number of fused-ring (bicyclic) bond motifs is 1. The molecule has 114 valence electrons. The second kappa shape index (κ2) is 6.65. The van der Waals surface area contributed by atoms with E-state index in [9.17, 15) is 0 Å². The molecule has 1 saturated carbocycles. The van der Waals surface area contributed by atoms with Crippen LogP contribution in [0.4, 0.5) is 0 Å². The number of benzene rings is 1. The lowest BCUT2D eigenvalue weighted by atomic mass is 9.80. The van der Waals surface area contributed by atoms with Crippen LogP contribution in [0.15, 0.2) is 36.5 Å². The molecular weight excluding hydrogens is 256 g/mol. The zero-order valence-corrected chi connectivity index (χ0v) is 13.4. The number of hydrogen-bond donors (Lipinski definition) is 1. The Bertz CT molecular complexity index is 572. The van der Waals surface area contributed by atoms with Crippen molar-refractivity contribution in [1.82, 2.24) is 9.88 Å². The van der Waals surface area contributed by atoms with Gasteiger partial charge in [0.2, 0.25) is 0 Å². The Morgan fingerprint density at radius 1 is 1.14 bits per heavy atom. The molecule has 0 saturated heterocycles. The Labute approximate surface area is 128 Å². The molecule has 0 radical (unpaired) electrons. The van der Waals surface area contributed by atoms with Crippen LogP contribution in [0.3, 0.4) is 0 Å². The number of nitrogens with zero attached hydrogens (tertiary/aromatic N) is 1. The highest BCUT2D eigenvalue weighted by Gasteiger charge is 2.24. The predicted molar refractivity (Wildman–Crippen MR) is 90.5 cm³/mol. The van der Waals surface area contributed by atoms with Gasteiger partial charge in [0.05, 0.1) is 0 Å². The van der Waals surface area contributed by atoms with Gasteiger partial charge in [0.15, 0.2) is 0 Å². The van der Waals surface area contributed by atoms with Gasteiger partial charge in [0.25, 0.3) is 0 Å². The van der Waals surface area contributed by atoms with Crippen molar-refractivity contribution in [1.29, 1.82) is 0 Å². The first-order valence-electron chi connectivity index (χ1n) is 8.51. The molecule has 0 aliphatic heterocycles. The SMILES string of the molecule is CC1CCC(NCCCn2ccc3ccccc32)C(C)C1. The van der Waals surface area contributed by atoms with E-state index in [1.165, 1.54) is 36.6 Å². The van der Waals surface area contributed by atoms with Crippen molar-refractivity contribution in [3.8, 4) is 0 Å². The normalized spacial score (nSPS) is 26.3. The molecular formula is C19H28N2. The zero-order chi connectivity index (χ0) is 14.7. The van der Waals surface area contributed by atoms with Crippen LogP contribution in [0, 0.1) is 11.8 Å². The van der Waals surface area contributed by atoms with Gasteiger partial charge in [-0.3, -0.25) is 0 Å². The van der Waals surface area contributed by atoms with Crippen molar-refractivity contribution >= 4 is 10.9 Å². The average Bonchev–Trinajstić information content (AvgIpc) is 2.89. The molecule has 1 fully saturated rings. The summed E-state index contributed by atoms with van der Waals surface area (Å²) in [5.74, 6) is 1.76. The largest absolute Gasteiger partial charge is 0.347 e. The second-order valence-corrected chi connectivity index (χ2v) is 6.88. The molecule has 2 aromatic rings. The fraction of sp³-hybridized carbons (Fsp3) is 0.579. The van der Waals surface area contributed by atoms with E-state index >= 15 is 0 Å². The lowest BCUT2D eigenvalue weighted by molar-refractivity contribution is 0.227. The van der Waals surface area contributed by atoms with Crippen LogP contribution >= 0.6 is 0 Å². The highest BCUT2D eigenvalue weighted by molar-refractivity contribution is 5.79. The topological polar surface area (TPSA) is 17.0 Å². The first-order chi connectivity index (χ1) is 10.2. The fourth-order valence-electron chi connectivity index (χ4n) is 3.84. The van der Waals surface area contributed by atoms with Crippen molar-refractivity contribution in [2.75, 3.05) is 6.54 Å². The molecule has 3 rings (SSSR count). The maximum atomic E-state index is 3.79. The first kappa shape index (κ1) is 14.6. The molecule has 21 heavy (non-hydrogen) atoms. The molecule has 2 nitrogen and oxygen atoms in total. The zero-order valence-electron chi connectivity index (χ0n) is 13.4. The molecule has 0 bridgehead atoms. The lowest BCUT2D eigenvalue weighted by Crippen LogP contribution is -2.39. The van der Waals surface area contributed by atoms with Gasteiger partial charge in [-0.05, 0) is 61.6 Å². The summed E-state index contributed by atoms with van der Waals surface area (Å²) in [5.41, 5.74) is 1.36. The summed E-state index contributed by atoms with van der Waals surface area (Å²) in [6, 6.07) is 11.6. The van der Waals surface area contributed by atoms with E-state index < -0.39 is 0 Å². The Balaban J connectivity index is 1.46. The molecule has 3 unspecified atom stereocenters. The van der Waals surface area contributed by atoms with Crippen LogP contribution in [-0.2, 0) is 6.54 Å². The summed E-state index contributed by atoms with van der Waals surface area (Å²) >= 11 is 0. The van der Waals surface area contributed by atoms with Gasteiger partial charge in [-0.15, -0.1) is 0 Å². The van der Waals surface area contributed by atoms with Gasteiger partial charge in [0, 0.05) is 24.3 Å². The highest BCUT2D eigenvalue weighted by atomic mass is 15.0. The summed E-state index contributed by atoms with van der Waals surface area (Å²) in [7, 11) is 0. The van der Waals surface area contributed by atoms with Gasteiger partial charge in [-0.25, -0.2) is 0 Å². The minimum Gasteiger partial charge on any atom is -0.347 e. The quantitative estimate of drug-likeness (QED) is 0.803. The Morgan fingerprint density at radius 3 is 2.86 bits per heavy atom. The number of nitrogens with one attached hydrogen (secondary N) is 1. The summed E-state index contributed by atoms with van der Waals surface area (Å²) in [6.45, 7) is 7.05. The molecule has 1 aromatic heterocycles. The van der Waals surface area contributed by atoms with Crippen molar-refractivity contribution in [3.63, 3.8) is 0 Å². The monoisotopic (exact) mass is 284 g/mol. The Hall–Kier alpha value is -1.28. The van der Waals surface area contributed by atoms with Crippen molar-refractivity contribution in [2.24, 2.45) is 11.8 Å². The van der Waals surface area contributed by atoms with Gasteiger partial charge < -0.3 is 9.88 Å². The molecule has 1 aliphatic carbocycles. The summed E-state index contributed by atoms with van der Waals surface area (Å²) in [6.07, 6.45) is 7.56. The number of aryl methyl sites for hydroxylation is 1. The Morgan fingerprint density at radius 2 is 2.00 bits per heavy atom. The third kappa shape index (κ3) is 3.49. The van der Waals surface area contributed by atoms with E-state index in [0.29, 0.717) is 0 Å². The van der Waals surface area contributed by atoms with Crippen molar-refractivity contribution in [2.45, 2.75) is 52.1 Å². The molecule has 0 spiro atoms. The van der Waals surface area contributed by atoms with Crippen molar-refractivity contribution in [3.05, 3.63) is 36.5 Å². The summed E-state index contributed by atoms with van der Waals surface area (Å²) in [4.78, 5) is 0. The predicted octanol–water partition coefficient (Wildman–Crippen LogP) is 4.45. The van der Waals surface area contributed by atoms with Gasteiger partial charge in [0.1, 0.15) is 0 Å². The van der Waals surface area contributed by atoms with E-state index in [1.54, 1.807) is 0 Å². The highest BCUT2D eigenvalue weighted by Crippen LogP contribution is 2.28. The summed E-state index contributed by atoms with van der Waals surface area (Å²) in [5, 5.41) is 5.14. The number of rotatable bonds is 5. The van der Waals surface area contributed by atoms with Crippen molar-refractivity contribution < 1.29 is 0 Å². The van der Waals surface area contributed by atoms with Gasteiger partial charge in [-0.2, -0.15) is 0 Å². The maximum Gasteiger partial charge on any atom is 0.0480 e. The van der Waals surface area contributed by atoms with Crippen LogP contribution < -0.4 is 5.32 Å². The van der Waals surface area contributed by atoms with Crippen LogP contribution in [0.5, 0.6) is 0 Å². The Kier molecular flexibility index (Phi) is 4.64. The number of aromatic nitrogens is 1. The standard InChI is InChI=1S/C19H28N2/c1-15-8-9-18(16(2)14-15)20-11-5-12-21-13-10-17-6-3-4-7-19(17)21/h3-4,6-7,10,13,15-16,18,20H,5,8-9,11-12,14H2,1-2H3. The molecule has 2 heteroatoms. The lowest BCUT2D eigenvalue weighted by Gasteiger charge is -2.33. The van der Waals surface area contributed by atoms with Crippen LogP contribution in [0.25, 0.3) is 10.9 Å². The fourth-order valence-corrected chi connectivity index (χ4v) is 3.84.